The summed E-state index contributed by atoms with van der Waals surface area (Å²) in [6, 6.07) is 17.4. The Morgan fingerprint density at radius 1 is 1.11 bits per heavy atom. The van der Waals surface area contributed by atoms with Gasteiger partial charge in [-0.25, -0.2) is 12.8 Å². The summed E-state index contributed by atoms with van der Waals surface area (Å²) in [5.74, 6) is -0.310. The number of hydrogen-bond acceptors (Lipinski definition) is 5. The SMILES string of the molecule is CNC(=O)c1c(-c2ccc(F)cc2)oc2cc(NS(=O)(=O)CCCC(Cc3ccccc3Br)O[Si](C)(C)C(C)(C)C)c(C3CC3)cc12. The van der Waals surface area contributed by atoms with E-state index >= 15 is 0 Å². The first-order valence-electron chi connectivity index (χ1n) is 16.1. The van der Waals surface area contributed by atoms with Crippen LogP contribution in [0.25, 0.3) is 22.3 Å². The van der Waals surface area contributed by atoms with E-state index in [2.05, 4.69) is 65.9 Å². The molecule has 0 bridgehead atoms. The number of benzene rings is 3. The third-order valence-electron chi connectivity index (χ3n) is 9.32. The van der Waals surface area contributed by atoms with Crippen LogP contribution in [-0.2, 0) is 20.9 Å². The molecule has 1 fully saturated rings. The molecule has 7 nitrogen and oxygen atoms in total. The first-order valence-corrected chi connectivity index (χ1v) is 21.4. The average Bonchev–Trinajstić information content (AvgIpc) is 3.77. The minimum absolute atomic E-state index is 0.0186. The van der Waals surface area contributed by atoms with Crippen LogP contribution in [0.1, 0.15) is 73.9 Å². The van der Waals surface area contributed by atoms with E-state index < -0.39 is 24.2 Å². The van der Waals surface area contributed by atoms with Crippen molar-refractivity contribution in [3.05, 3.63) is 87.6 Å². The summed E-state index contributed by atoms with van der Waals surface area (Å²) < 4.78 is 57.7. The summed E-state index contributed by atoms with van der Waals surface area (Å²) in [6.07, 6.45) is 3.44. The predicted octanol–water partition coefficient (Wildman–Crippen LogP) is 9.39. The van der Waals surface area contributed by atoms with E-state index in [1.54, 1.807) is 25.2 Å². The van der Waals surface area contributed by atoms with E-state index in [4.69, 9.17) is 8.84 Å². The predicted molar refractivity (Wildman–Crippen MR) is 194 cm³/mol. The molecule has 0 radical (unpaired) electrons. The van der Waals surface area contributed by atoms with Crippen LogP contribution in [0.5, 0.6) is 0 Å². The Hall–Kier alpha value is -2.99. The van der Waals surface area contributed by atoms with E-state index in [1.165, 1.54) is 12.1 Å². The van der Waals surface area contributed by atoms with Crippen molar-refractivity contribution in [3.63, 3.8) is 0 Å². The monoisotopic (exact) mass is 742 g/mol. The van der Waals surface area contributed by atoms with Crippen molar-refractivity contribution < 1.29 is 26.4 Å². The highest BCUT2D eigenvalue weighted by molar-refractivity contribution is 9.10. The molecule has 1 aliphatic carbocycles. The molecule has 11 heteroatoms. The standard InChI is InChI=1S/C36H44BrFN2O5SSi/c1-36(2,3)47(5,6)45-27(20-25-10-7-8-12-30(25)37)11-9-19-46(42,43)40-31-22-32-29(21-28(31)23-13-14-23)33(35(41)39-4)34(44-32)24-15-17-26(38)18-16-24/h7-8,10,12,15-18,21-23,27,40H,9,11,13-14,19-20H2,1-6H3,(H,39,41). The van der Waals surface area contributed by atoms with Crippen LogP contribution in [-0.4, -0.2) is 41.5 Å². The number of fused-ring (bicyclic) bond motifs is 1. The van der Waals surface area contributed by atoms with Gasteiger partial charge in [0.15, 0.2) is 8.32 Å². The molecule has 1 aliphatic rings. The Kier molecular flexibility index (Phi) is 10.4. The molecule has 1 aromatic heterocycles. The van der Waals surface area contributed by atoms with Gasteiger partial charge in [0.25, 0.3) is 5.91 Å². The van der Waals surface area contributed by atoms with E-state index in [-0.39, 0.29) is 28.7 Å². The van der Waals surface area contributed by atoms with E-state index in [9.17, 15) is 17.6 Å². The van der Waals surface area contributed by atoms with Gasteiger partial charge in [-0.15, -0.1) is 0 Å². The Morgan fingerprint density at radius 3 is 2.40 bits per heavy atom. The minimum atomic E-state index is -3.73. The van der Waals surface area contributed by atoms with Gasteiger partial charge in [-0.05, 0) is 104 Å². The maximum absolute atomic E-state index is 13.7. The van der Waals surface area contributed by atoms with Crippen LogP contribution < -0.4 is 10.0 Å². The van der Waals surface area contributed by atoms with Crippen LogP contribution in [0.15, 0.2) is 69.6 Å². The lowest BCUT2D eigenvalue weighted by Gasteiger charge is -2.39. The molecule has 0 saturated heterocycles. The summed E-state index contributed by atoms with van der Waals surface area (Å²) in [7, 11) is -4.30. The second kappa shape index (κ2) is 13.9. The zero-order valence-corrected chi connectivity index (χ0v) is 31.3. The fraction of sp³-hybridized carbons (Fsp3) is 0.417. The number of rotatable bonds is 13. The second-order valence-corrected chi connectivity index (χ2v) is 21.4. The molecular weight excluding hydrogens is 699 g/mol. The second-order valence-electron chi connectivity index (χ2n) is 14.0. The van der Waals surface area contributed by atoms with Crippen LogP contribution in [0.2, 0.25) is 18.1 Å². The van der Waals surface area contributed by atoms with Crippen molar-refractivity contribution in [3.8, 4) is 11.3 Å². The molecule has 5 rings (SSSR count). The minimum Gasteiger partial charge on any atom is -0.455 e. The number of nitrogens with one attached hydrogen (secondary N) is 2. The lowest BCUT2D eigenvalue weighted by molar-refractivity contribution is 0.0964. The third-order valence-corrected chi connectivity index (χ3v) is 16.0. The lowest BCUT2D eigenvalue weighted by atomic mass is 10.0. The molecule has 3 aromatic carbocycles. The first-order chi connectivity index (χ1) is 22.1. The van der Waals surface area contributed by atoms with Crippen LogP contribution in [0.4, 0.5) is 10.1 Å². The number of hydrogen-bond donors (Lipinski definition) is 2. The van der Waals surface area contributed by atoms with Crippen molar-refractivity contribution in [2.24, 2.45) is 0 Å². The lowest BCUT2D eigenvalue weighted by Crippen LogP contribution is -2.44. The van der Waals surface area contributed by atoms with Gasteiger partial charge in [-0.1, -0.05) is 54.9 Å². The fourth-order valence-electron chi connectivity index (χ4n) is 5.56. The topological polar surface area (TPSA) is 97.6 Å². The maximum Gasteiger partial charge on any atom is 0.255 e. The van der Waals surface area contributed by atoms with E-state index in [1.807, 2.05) is 24.3 Å². The number of halogens is 2. The molecule has 252 valence electrons. The van der Waals surface area contributed by atoms with E-state index in [0.29, 0.717) is 52.8 Å². The van der Waals surface area contributed by atoms with Crippen molar-refractivity contribution in [1.29, 1.82) is 0 Å². The number of carbonyl (C=O) groups excluding carboxylic acids is 1. The maximum atomic E-state index is 13.7. The van der Waals surface area contributed by atoms with Crippen LogP contribution in [0.3, 0.4) is 0 Å². The van der Waals surface area contributed by atoms with Crippen LogP contribution >= 0.6 is 15.9 Å². The molecular formula is C36H44BrFN2O5SSi. The number of furan rings is 1. The summed E-state index contributed by atoms with van der Waals surface area (Å²) in [5, 5.41) is 3.28. The highest BCUT2D eigenvalue weighted by Crippen LogP contribution is 2.47. The molecule has 1 heterocycles. The summed E-state index contributed by atoms with van der Waals surface area (Å²) in [5.41, 5.74) is 3.70. The first kappa shape index (κ1) is 35.3. The molecule has 47 heavy (non-hydrogen) atoms. The molecule has 1 amide bonds. The van der Waals surface area contributed by atoms with Gasteiger partial charge in [0, 0.05) is 34.6 Å². The Morgan fingerprint density at radius 2 is 1.79 bits per heavy atom. The molecule has 1 unspecified atom stereocenters. The van der Waals surface area contributed by atoms with Crippen molar-refractivity contribution >= 4 is 56.8 Å². The third kappa shape index (κ3) is 8.36. The van der Waals surface area contributed by atoms with Crippen molar-refractivity contribution in [2.75, 3.05) is 17.5 Å². The smallest absolute Gasteiger partial charge is 0.255 e. The molecule has 0 aliphatic heterocycles. The zero-order valence-electron chi connectivity index (χ0n) is 27.9. The quantitative estimate of drug-likeness (QED) is 0.133. The average molecular weight is 744 g/mol. The van der Waals surface area contributed by atoms with Crippen molar-refractivity contribution in [2.45, 2.75) is 83.0 Å². The fourth-order valence-corrected chi connectivity index (χ4v) is 8.56. The van der Waals surface area contributed by atoms with Crippen molar-refractivity contribution in [1.82, 2.24) is 5.32 Å². The van der Waals surface area contributed by atoms with E-state index in [0.717, 1.165) is 28.4 Å². The summed E-state index contributed by atoms with van der Waals surface area (Å²) >= 11 is 3.66. The Labute approximate surface area is 287 Å². The van der Waals surface area contributed by atoms with Gasteiger partial charge < -0.3 is 14.2 Å². The van der Waals surface area contributed by atoms with Gasteiger partial charge in [0.1, 0.15) is 17.2 Å². The molecule has 1 atom stereocenters. The Balaban J connectivity index is 1.39. The summed E-state index contributed by atoms with van der Waals surface area (Å²) in [6.45, 7) is 11.1. The number of anilines is 1. The van der Waals surface area contributed by atoms with Crippen LogP contribution in [0, 0.1) is 5.82 Å². The highest BCUT2D eigenvalue weighted by Gasteiger charge is 2.39. The molecule has 0 spiro atoms. The molecule has 1 saturated carbocycles. The number of amides is 1. The van der Waals surface area contributed by atoms with Gasteiger partial charge >= 0.3 is 0 Å². The largest absolute Gasteiger partial charge is 0.455 e. The van der Waals surface area contributed by atoms with Gasteiger partial charge in [0.2, 0.25) is 10.0 Å². The van der Waals surface area contributed by atoms with Gasteiger partial charge in [-0.2, -0.15) is 0 Å². The van der Waals surface area contributed by atoms with Gasteiger partial charge in [0.05, 0.1) is 17.0 Å². The zero-order chi connectivity index (χ0) is 34.1. The highest BCUT2D eigenvalue weighted by atomic mass is 79.9. The number of carbonyl (C=O) groups is 1. The molecule has 4 aromatic rings. The summed E-state index contributed by atoms with van der Waals surface area (Å²) in [4.78, 5) is 13.0. The van der Waals surface area contributed by atoms with Gasteiger partial charge in [-0.3, -0.25) is 9.52 Å². The Bertz CT molecular complexity index is 1860. The molecule has 2 N–H and O–H groups in total. The normalized spacial score (nSPS) is 14.7. The number of sulfonamides is 1.